The van der Waals surface area contributed by atoms with Crippen LogP contribution in [0.1, 0.15) is 32.6 Å². The van der Waals surface area contributed by atoms with Gasteiger partial charge >= 0.3 is 0 Å². The van der Waals surface area contributed by atoms with E-state index in [-0.39, 0.29) is 11.5 Å². The van der Waals surface area contributed by atoms with E-state index >= 15 is 0 Å². The topological polar surface area (TPSA) is 66.5 Å². The van der Waals surface area contributed by atoms with Crippen LogP contribution in [0.15, 0.2) is 42.2 Å². The molecule has 7 nitrogen and oxygen atoms in total. The molecule has 0 radical (unpaired) electrons. The highest BCUT2D eigenvalue weighted by molar-refractivity contribution is 6.35. The average molecular weight is 542 g/mol. The zero-order chi connectivity index (χ0) is 26.3. The molecule has 0 atom stereocenters. The number of carbonyl (C=O) groups is 1. The fourth-order valence-electron chi connectivity index (χ4n) is 4.57. The van der Waals surface area contributed by atoms with Crippen LogP contribution in [0.2, 0.25) is 10.0 Å². The van der Waals surface area contributed by atoms with Crippen LogP contribution in [0.25, 0.3) is 6.08 Å². The van der Waals surface area contributed by atoms with Gasteiger partial charge in [-0.05, 0) is 48.4 Å². The molecular weight excluding hydrogens is 517 g/mol. The minimum atomic E-state index is -0.204. The zero-order valence-corrected chi connectivity index (χ0v) is 22.3. The maximum absolute atomic E-state index is 13.5. The van der Waals surface area contributed by atoms with Gasteiger partial charge in [-0.1, -0.05) is 29.3 Å². The van der Waals surface area contributed by atoms with Crippen LogP contribution in [0.4, 0.5) is 0 Å². The molecule has 0 fully saturated rings. The molecule has 5 rings (SSSR count). The number of hydrogen-bond donors (Lipinski definition) is 0. The Labute approximate surface area is 225 Å². The van der Waals surface area contributed by atoms with E-state index in [1.165, 1.54) is 0 Å². The van der Waals surface area contributed by atoms with E-state index < -0.39 is 0 Å². The Bertz CT molecular complexity index is 1430. The van der Waals surface area contributed by atoms with Gasteiger partial charge in [0.25, 0.3) is 0 Å². The molecule has 0 unspecified atom stereocenters. The van der Waals surface area contributed by atoms with Crippen molar-refractivity contribution in [3.63, 3.8) is 0 Å². The molecule has 9 heteroatoms. The first-order valence-electron chi connectivity index (χ1n) is 11.5. The molecule has 0 N–H and O–H groups in total. The predicted molar refractivity (Wildman–Crippen MR) is 141 cm³/mol. The predicted octanol–water partition coefficient (Wildman–Crippen LogP) is 6.30. The fraction of sp³-hybridized carbons (Fsp3) is 0.250. The number of benzene rings is 3. The number of nitrogens with zero attached hydrogens (tertiary/aromatic N) is 1. The van der Waals surface area contributed by atoms with Gasteiger partial charge in [-0.15, -0.1) is 0 Å². The fourth-order valence-corrected chi connectivity index (χ4v) is 5.04. The lowest BCUT2D eigenvalue weighted by atomic mass is 9.98. The summed E-state index contributed by atoms with van der Waals surface area (Å²) in [6.07, 6.45) is 1.66. The van der Waals surface area contributed by atoms with Crippen molar-refractivity contribution in [3.05, 3.63) is 80.0 Å². The number of Topliss-reactive ketones (excluding diaryl/α,β-unsaturated/α-hetero) is 1. The highest BCUT2D eigenvalue weighted by Crippen LogP contribution is 2.45. The Morgan fingerprint density at radius 3 is 2.43 bits per heavy atom. The molecular formula is C28H25Cl2NO6. The Hall–Kier alpha value is -3.39. The van der Waals surface area contributed by atoms with Crippen LogP contribution in [0.5, 0.6) is 28.7 Å². The summed E-state index contributed by atoms with van der Waals surface area (Å²) in [6.45, 7) is 3.34. The lowest BCUT2D eigenvalue weighted by Crippen LogP contribution is -2.32. The lowest BCUT2D eigenvalue weighted by molar-refractivity contribution is 0.0872. The summed E-state index contributed by atoms with van der Waals surface area (Å²) in [5.74, 6) is 2.75. The van der Waals surface area contributed by atoms with Crippen LogP contribution in [0, 0.1) is 6.92 Å². The minimum Gasteiger partial charge on any atom is -0.496 e. The first-order chi connectivity index (χ1) is 17.8. The Morgan fingerprint density at radius 2 is 1.73 bits per heavy atom. The highest BCUT2D eigenvalue weighted by atomic mass is 35.5. The second kappa shape index (κ2) is 10.2. The van der Waals surface area contributed by atoms with Crippen LogP contribution < -0.4 is 23.7 Å². The summed E-state index contributed by atoms with van der Waals surface area (Å²) in [5.41, 5.74) is 3.68. The Morgan fingerprint density at radius 1 is 1.00 bits per heavy atom. The summed E-state index contributed by atoms with van der Waals surface area (Å²) in [4.78, 5) is 15.5. The van der Waals surface area contributed by atoms with Crippen LogP contribution in [-0.4, -0.2) is 38.7 Å². The average Bonchev–Trinajstić information content (AvgIpc) is 3.22. The SMILES string of the molecule is COc1cc(OC)c(OC)cc1/C=C1\Oc2c3c(cc(C)c2C1=O)OCN(Cc1ccc(Cl)cc1Cl)C3. The summed E-state index contributed by atoms with van der Waals surface area (Å²) in [5, 5.41) is 1.17. The normalized spacial score (nSPS) is 15.6. The second-order valence-electron chi connectivity index (χ2n) is 8.76. The molecule has 37 heavy (non-hydrogen) atoms. The number of rotatable bonds is 6. The molecule has 0 saturated heterocycles. The maximum atomic E-state index is 13.5. The molecule has 2 aliphatic heterocycles. The second-order valence-corrected chi connectivity index (χ2v) is 9.60. The molecule has 2 aliphatic rings. The maximum Gasteiger partial charge on any atom is 0.232 e. The highest BCUT2D eigenvalue weighted by Gasteiger charge is 2.35. The number of fused-ring (bicyclic) bond motifs is 3. The third-order valence-electron chi connectivity index (χ3n) is 6.42. The van der Waals surface area contributed by atoms with Gasteiger partial charge in [0.05, 0.1) is 32.5 Å². The molecule has 0 saturated carbocycles. The number of methoxy groups -OCH3 is 3. The molecule has 0 aromatic heterocycles. The molecule has 3 aromatic carbocycles. The van der Waals surface area contributed by atoms with E-state index in [1.807, 2.05) is 25.1 Å². The van der Waals surface area contributed by atoms with Gasteiger partial charge in [0.1, 0.15) is 24.0 Å². The largest absolute Gasteiger partial charge is 0.496 e. The van der Waals surface area contributed by atoms with Crippen molar-refractivity contribution < 1.29 is 28.5 Å². The van der Waals surface area contributed by atoms with Crippen molar-refractivity contribution in [2.75, 3.05) is 28.1 Å². The summed E-state index contributed by atoms with van der Waals surface area (Å²) in [7, 11) is 4.65. The van der Waals surface area contributed by atoms with Crippen LogP contribution in [0.3, 0.4) is 0 Å². The summed E-state index contributed by atoms with van der Waals surface area (Å²) < 4.78 is 28.6. The number of ketones is 1. The van der Waals surface area contributed by atoms with Crippen molar-refractivity contribution in [3.8, 4) is 28.7 Å². The number of aryl methyl sites for hydroxylation is 1. The zero-order valence-electron chi connectivity index (χ0n) is 20.8. The summed E-state index contributed by atoms with van der Waals surface area (Å²) >= 11 is 12.4. The Kier molecular flexibility index (Phi) is 6.94. The molecule has 0 bridgehead atoms. The standard InChI is InChI=1S/C28H25Cl2NO6/c1-15-7-22-19(13-31(14-36-22)12-16-5-6-18(29)10-20(16)30)28-26(15)27(32)25(37-28)9-17-8-23(34-3)24(35-4)11-21(17)33-2/h5-11H,12-14H2,1-4H3/b25-9-. The smallest absolute Gasteiger partial charge is 0.232 e. The monoisotopic (exact) mass is 541 g/mol. The molecule has 0 aliphatic carbocycles. The van der Waals surface area contributed by atoms with Gasteiger partial charge in [0, 0.05) is 34.8 Å². The van der Waals surface area contributed by atoms with Gasteiger partial charge < -0.3 is 23.7 Å². The number of carbonyl (C=O) groups excluding carboxylic acids is 1. The molecule has 2 heterocycles. The van der Waals surface area contributed by atoms with E-state index in [1.54, 1.807) is 45.6 Å². The van der Waals surface area contributed by atoms with Crippen molar-refractivity contribution in [2.24, 2.45) is 0 Å². The van der Waals surface area contributed by atoms with Crippen LogP contribution >= 0.6 is 23.2 Å². The quantitative estimate of drug-likeness (QED) is 0.339. The first-order valence-corrected chi connectivity index (χ1v) is 12.3. The third-order valence-corrected chi connectivity index (χ3v) is 7.01. The van der Waals surface area contributed by atoms with E-state index in [4.69, 9.17) is 46.9 Å². The molecule has 0 spiro atoms. The third kappa shape index (κ3) is 4.70. The first kappa shape index (κ1) is 25.3. The number of allylic oxidation sites excluding steroid dienone is 1. The molecule has 3 aromatic rings. The van der Waals surface area contributed by atoms with Crippen molar-refractivity contribution in [1.29, 1.82) is 0 Å². The minimum absolute atomic E-state index is 0.190. The Balaban J connectivity index is 1.48. The van der Waals surface area contributed by atoms with Crippen molar-refractivity contribution >= 4 is 35.1 Å². The van der Waals surface area contributed by atoms with Crippen LogP contribution in [-0.2, 0) is 13.1 Å². The van der Waals surface area contributed by atoms with E-state index in [9.17, 15) is 4.79 Å². The van der Waals surface area contributed by atoms with Gasteiger partial charge in [0.2, 0.25) is 5.78 Å². The molecule has 0 amide bonds. The van der Waals surface area contributed by atoms with Crippen molar-refractivity contribution in [1.82, 2.24) is 4.90 Å². The molecule has 192 valence electrons. The summed E-state index contributed by atoms with van der Waals surface area (Å²) in [6, 6.07) is 10.8. The number of halogens is 2. The van der Waals surface area contributed by atoms with E-state index in [0.717, 1.165) is 16.7 Å². The van der Waals surface area contributed by atoms with Gasteiger partial charge in [-0.2, -0.15) is 0 Å². The van der Waals surface area contributed by atoms with Gasteiger partial charge in [-0.3, -0.25) is 9.69 Å². The van der Waals surface area contributed by atoms with Gasteiger partial charge in [-0.25, -0.2) is 0 Å². The van der Waals surface area contributed by atoms with Gasteiger partial charge in [0.15, 0.2) is 17.3 Å². The number of hydrogen-bond acceptors (Lipinski definition) is 7. The van der Waals surface area contributed by atoms with Crippen molar-refractivity contribution in [2.45, 2.75) is 20.0 Å². The number of ether oxygens (including phenoxy) is 5. The van der Waals surface area contributed by atoms with E-state index in [0.29, 0.717) is 69.7 Å². The lowest BCUT2D eigenvalue weighted by Gasteiger charge is -2.30. The van der Waals surface area contributed by atoms with E-state index in [2.05, 4.69) is 4.90 Å².